The molecule has 1 aliphatic heterocycles. The van der Waals surface area contributed by atoms with Gasteiger partial charge in [0.1, 0.15) is 11.6 Å². The van der Waals surface area contributed by atoms with Crippen molar-refractivity contribution in [2.24, 2.45) is 0 Å². The minimum Gasteiger partial charge on any atom is -0.353 e. The van der Waals surface area contributed by atoms with E-state index in [4.69, 9.17) is 16.6 Å². The van der Waals surface area contributed by atoms with Crippen molar-refractivity contribution in [2.75, 3.05) is 31.1 Å². The Balaban J connectivity index is 1.48. The molecule has 1 saturated heterocycles. The van der Waals surface area contributed by atoms with Gasteiger partial charge in [-0.15, -0.1) is 0 Å². The molecule has 5 nitrogen and oxygen atoms in total. The van der Waals surface area contributed by atoms with Crippen LogP contribution in [0.1, 0.15) is 28.2 Å². The van der Waals surface area contributed by atoms with E-state index in [1.54, 1.807) is 6.08 Å². The second-order valence-electron chi connectivity index (χ2n) is 7.98. The Morgan fingerprint density at radius 3 is 2.38 bits per heavy atom. The van der Waals surface area contributed by atoms with Crippen molar-refractivity contribution >= 4 is 29.4 Å². The molecule has 2 aromatic carbocycles. The molecule has 1 aromatic heterocycles. The zero-order valence-corrected chi connectivity index (χ0v) is 19.2. The van der Waals surface area contributed by atoms with E-state index in [0.29, 0.717) is 19.5 Å². The maximum atomic E-state index is 12.6. The maximum Gasteiger partial charge on any atom is 0.246 e. The van der Waals surface area contributed by atoms with E-state index in [1.165, 1.54) is 0 Å². The Bertz CT molecular complexity index is 1120. The first-order valence-corrected chi connectivity index (χ1v) is 11.2. The first kappa shape index (κ1) is 22.0. The number of carbonyl (C=O) groups excluding carboxylic acids is 1. The number of halogens is 1. The number of aromatic nitrogens is 2. The third-order valence-corrected chi connectivity index (χ3v) is 6.11. The molecule has 0 saturated carbocycles. The molecule has 0 unspecified atom stereocenters. The minimum atomic E-state index is 0.0415. The molecule has 0 N–H and O–H groups in total. The molecule has 1 fully saturated rings. The summed E-state index contributed by atoms with van der Waals surface area (Å²) >= 11 is 6.42. The fourth-order valence-corrected chi connectivity index (χ4v) is 4.20. The number of anilines is 1. The number of amides is 1. The lowest BCUT2D eigenvalue weighted by molar-refractivity contribution is -0.126. The first-order valence-electron chi connectivity index (χ1n) is 10.9. The van der Waals surface area contributed by atoms with E-state index in [0.717, 1.165) is 52.1 Å². The summed E-state index contributed by atoms with van der Waals surface area (Å²) in [7, 11) is 0. The van der Waals surface area contributed by atoms with Crippen LogP contribution in [0.4, 0.5) is 5.82 Å². The van der Waals surface area contributed by atoms with Gasteiger partial charge < -0.3 is 9.80 Å². The summed E-state index contributed by atoms with van der Waals surface area (Å²) in [6.07, 6.45) is 4.21. The van der Waals surface area contributed by atoms with Crippen molar-refractivity contribution in [1.29, 1.82) is 0 Å². The zero-order chi connectivity index (χ0) is 22.5. The van der Waals surface area contributed by atoms with Crippen LogP contribution in [-0.4, -0.2) is 47.0 Å². The van der Waals surface area contributed by atoms with Crippen LogP contribution in [-0.2, 0) is 11.2 Å². The molecule has 2 heterocycles. The smallest absolute Gasteiger partial charge is 0.246 e. The van der Waals surface area contributed by atoms with Gasteiger partial charge in [-0.05, 0) is 37.1 Å². The number of rotatable bonds is 5. The highest BCUT2D eigenvalue weighted by Crippen LogP contribution is 2.27. The number of nitrogens with zero attached hydrogens (tertiary/aromatic N) is 4. The van der Waals surface area contributed by atoms with E-state index < -0.39 is 0 Å². The standard InChI is InChI=1S/C26H27ClN4O/c1-19-23(18-22-10-6-7-11-24(22)27)26(29-20(2)28-19)31-16-14-30(15-17-31)25(32)13-12-21-8-4-3-5-9-21/h3-13H,14-18H2,1-2H3/b13-12+. The van der Waals surface area contributed by atoms with Gasteiger partial charge in [0.15, 0.2) is 0 Å². The maximum absolute atomic E-state index is 12.6. The predicted molar refractivity (Wildman–Crippen MR) is 130 cm³/mol. The van der Waals surface area contributed by atoms with Crippen LogP contribution >= 0.6 is 11.6 Å². The molecule has 32 heavy (non-hydrogen) atoms. The van der Waals surface area contributed by atoms with E-state index in [1.807, 2.05) is 79.4 Å². The van der Waals surface area contributed by atoms with Gasteiger partial charge in [-0.3, -0.25) is 4.79 Å². The lowest BCUT2D eigenvalue weighted by Crippen LogP contribution is -2.49. The summed E-state index contributed by atoms with van der Waals surface area (Å²) < 4.78 is 0. The van der Waals surface area contributed by atoms with Crippen molar-refractivity contribution in [3.05, 3.63) is 93.9 Å². The average Bonchev–Trinajstić information content (AvgIpc) is 2.81. The molecule has 3 aromatic rings. The number of carbonyl (C=O) groups is 1. The molecule has 1 amide bonds. The Hall–Kier alpha value is -3.18. The number of hydrogen-bond acceptors (Lipinski definition) is 4. The monoisotopic (exact) mass is 446 g/mol. The van der Waals surface area contributed by atoms with Crippen LogP contribution in [0.25, 0.3) is 6.08 Å². The third kappa shape index (κ3) is 5.17. The van der Waals surface area contributed by atoms with Gasteiger partial charge in [-0.25, -0.2) is 9.97 Å². The lowest BCUT2D eigenvalue weighted by atomic mass is 10.0. The van der Waals surface area contributed by atoms with Crippen LogP contribution < -0.4 is 4.90 Å². The van der Waals surface area contributed by atoms with E-state index in [2.05, 4.69) is 9.88 Å². The highest BCUT2D eigenvalue weighted by molar-refractivity contribution is 6.31. The Labute approximate surface area is 194 Å². The highest BCUT2D eigenvalue weighted by Gasteiger charge is 2.24. The predicted octanol–water partition coefficient (Wildman–Crippen LogP) is 4.70. The zero-order valence-electron chi connectivity index (χ0n) is 18.5. The molecule has 6 heteroatoms. The van der Waals surface area contributed by atoms with Crippen LogP contribution in [0.5, 0.6) is 0 Å². The molecule has 0 spiro atoms. The summed E-state index contributed by atoms with van der Waals surface area (Å²) in [5, 5.41) is 0.749. The summed E-state index contributed by atoms with van der Waals surface area (Å²) in [5.74, 6) is 1.74. The molecular formula is C26H27ClN4O. The van der Waals surface area contributed by atoms with Gasteiger partial charge in [-0.1, -0.05) is 60.1 Å². The SMILES string of the molecule is Cc1nc(C)c(Cc2ccccc2Cl)c(N2CCN(C(=O)/C=C/c3ccccc3)CC2)n1. The highest BCUT2D eigenvalue weighted by atomic mass is 35.5. The first-order chi connectivity index (χ1) is 15.5. The number of piperazine rings is 1. The summed E-state index contributed by atoms with van der Waals surface area (Å²) in [6, 6.07) is 17.8. The molecule has 0 radical (unpaired) electrons. The van der Waals surface area contributed by atoms with Gasteiger partial charge in [-0.2, -0.15) is 0 Å². The second kappa shape index (κ2) is 9.96. The van der Waals surface area contributed by atoms with Gasteiger partial charge in [0.25, 0.3) is 0 Å². The van der Waals surface area contributed by atoms with Gasteiger partial charge in [0.05, 0.1) is 0 Å². The van der Waals surface area contributed by atoms with Crippen LogP contribution in [0, 0.1) is 13.8 Å². The van der Waals surface area contributed by atoms with E-state index in [9.17, 15) is 4.79 Å². The lowest BCUT2D eigenvalue weighted by Gasteiger charge is -2.36. The Morgan fingerprint density at radius 2 is 1.66 bits per heavy atom. The Morgan fingerprint density at radius 1 is 0.969 bits per heavy atom. The quantitative estimate of drug-likeness (QED) is 0.533. The molecule has 0 bridgehead atoms. The molecule has 164 valence electrons. The summed E-state index contributed by atoms with van der Waals surface area (Å²) in [6.45, 7) is 6.73. The fraction of sp³-hybridized carbons (Fsp3) is 0.269. The summed E-state index contributed by atoms with van der Waals surface area (Å²) in [5.41, 5.74) is 4.14. The largest absolute Gasteiger partial charge is 0.353 e. The third-order valence-electron chi connectivity index (χ3n) is 5.74. The van der Waals surface area contributed by atoms with E-state index in [-0.39, 0.29) is 5.91 Å². The number of hydrogen-bond donors (Lipinski definition) is 0. The minimum absolute atomic E-state index is 0.0415. The van der Waals surface area contributed by atoms with Gasteiger partial charge in [0, 0.05) is 55.0 Å². The van der Waals surface area contributed by atoms with Crippen LogP contribution in [0.15, 0.2) is 60.7 Å². The fourth-order valence-electron chi connectivity index (χ4n) is 3.99. The molecule has 1 aliphatic rings. The second-order valence-corrected chi connectivity index (χ2v) is 8.39. The van der Waals surface area contributed by atoms with Crippen molar-refractivity contribution in [2.45, 2.75) is 20.3 Å². The Kier molecular flexibility index (Phi) is 6.86. The molecule has 4 rings (SSSR count). The topological polar surface area (TPSA) is 49.3 Å². The van der Waals surface area contributed by atoms with Gasteiger partial charge in [0.2, 0.25) is 5.91 Å². The summed E-state index contributed by atoms with van der Waals surface area (Å²) in [4.78, 5) is 26.2. The molecular weight excluding hydrogens is 420 g/mol. The molecule has 0 atom stereocenters. The number of aryl methyl sites for hydroxylation is 2. The van der Waals surface area contributed by atoms with Crippen molar-refractivity contribution in [3.8, 4) is 0 Å². The average molecular weight is 447 g/mol. The van der Waals surface area contributed by atoms with Crippen LogP contribution in [0.3, 0.4) is 0 Å². The molecule has 0 aliphatic carbocycles. The van der Waals surface area contributed by atoms with Crippen molar-refractivity contribution < 1.29 is 4.79 Å². The number of benzene rings is 2. The van der Waals surface area contributed by atoms with Crippen molar-refractivity contribution in [3.63, 3.8) is 0 Å². The van der Waals surface area contributed by atoms with Gasteiger partial charge >= 0.3 is 0 Å². The van der Waals surface area contributed by atoms with Crippen molar-refractivity contribution in [1.82, 2.24) is 14.9 Å². The normalized spacial score (nSPS) is 14.2. The van der Waals surface area contributed by atoms with E-state index >= 15 is 0 Å². The van der Waals surface area contributed by atoms with Crippen LogP contribution in [0.2, 0.25) is 5.02 Å².